The zero-order chi connectivity index (χ0) is 17.2. The molecule has 5 heteroatoms. The van der Waals surface area contributed by atoms with Gasteiger partial charge in [-0.2, -0.15) is 0 Å². The number of ether oxygens (including phenoxy) is 2. The first kappa shape index (κ1) is 17.2. The topological polar surface area (TPSA) is 18.5 Å². The molecule has 0 aliphatic heterocycles. The summed E-state index contributed by atoms with van der Waals surface area (Å²) in [6.07, 6.45) is 6.23. The molecule has 0 unspecified atom stereocenters. The summed E-state index contributed by atoms with van der Waals surface area (Å²) in [5.41, 5.74) is 1.22. The van der Waals surface area contributed by atoms with Crippen molar-refractivity contribution in [3.8, 4) is 11.5 Å². The quantitative estimate of drug-likeness (QED) is 0.643. The van der Waals surface area contributed by atoms with Gasteiger partial charge < -0.3 is 9.47 Å². The normalized spacial score (nSPS) is 19.2. The Bertz CT molecular complexity index is 597. The highest BCUT2D eigenvalue weighted by molar-refractivity contribution is 5.62. The second kappa shape index (κ2) is 7.08. The van der Waals surface area contributed by atoms with E-state index in [-0.39, 0.29) is 11.5 Å². The number of rotatable bonds is 6. The molecule has 0 N–H and O–H groups in total. The van der Waals surface area contributed by atoms with Crippen LogP contribution in [0.1, 0.15) is 49.7 Å². The maximum Gasteiger partial charge on any atom is 0.573 e. The molecule has 2 aliphatic rings. The number of benzene rings is 1. The average Bonchev–Trinajstić information content (AvgIpc) is 3.19. The van der Waals surface area contributed by atoms with Crippen molar-refractivity contribution in [1.29, 1.82) is 0 Å². The third kappa shape index (κ3) is 4.68. The zero-order valence-electron chi connectivity index (χ0n) is 13.9. The highest BCUT2D eigenvalue weighted by Gasteiger charge is 2.34. The Balaban J connectivity index is 1.82. The van der Waals surface area contributed by atoms with Gasteiger partial charge in [0.25, 0.3) is 0 Å². The van der Waals surface area contributed by atoms with Crippen molar-refractivity contribution in [2.24, 2.45) is 11.8 Å². The lowest BCUT2D eigenvalue weighted by Gasteiger charge is -2.18. The molecule has 0 atom stereocenters. The van der Waals surface area contributed by atoms with E-state index in [0.29, 0.717) is 24.0 Å². The van der Waals surface area contributed by atoms with Crippen molar-refractivity contribution in [3.63, 3.8) is 0 Å². The molecule has 0 aromatic heterocycles. The summed E-state index contributed by atoms with van der Waals surface area (Å²) in [4.78, 5) is 0. The van der Waals surface area contributed by atoms with Crippen molar-refractivity contribution in [2.45, 2.75) is 51.8 Å². The standard InChI is InChI=1S/C19H23F3O2/c1-13-16(9-8-14-4-2-3-5-14)10-11-17(23-12-15-6-7-15)18(13)24-19(20,21)22/h8-11,14-15H,2-7,12H2,1H3/b9-8+. The monoisotopic (exact) mass is 340 g/mol. The van der Waals surface area contributed by atoms with E-state index in [2.05, 4.69) is 10.8 Å². The van der Waals surface area contributed by atoms with Crippen LogP contribution in [0.4, 0.5) is 13.2 Å². The van der Waals surface area contributed by atoms with Crippen LogP contribution in [0.3, 0.4) is 0 Å². The predicted octanol–water partition coefficient (Wildman–Crippen LogP) is 5.89. The van der Waals surface area contributed by atoms with Gasteiger partial charge in [0.2, 0.25) is 0 Å². The Morgan fingerprint density at radius 2 is 1.83 bits per heavy atom. The molecule has 2 nitrogen and oxygen atoms in total. The Morgan fingerprint density at radius 1 is 1.12 bits per heavy atom. The lowest BCUT2D eigenvalue weighted by molar-refractivity contribution is -0.275. The molecular formula is C19H23F3O2. The van der Waals surface area contributed by atoms with Crippen LogP contribution in [0, 0.1) is 18.8 Å². The molecular weight excluding hydrogens is 317 g/mol. The first-order valence-corrected chi connectivity index (χ1v) is 8.63. The van der Waals surface area contributed by atoms with Crippen LogP contribution in [0.15, 0.2) is 18.2 Å². The molecule has 0 radical (unpaired) electrons. The van der Waals surface area contributed by atoms with E-state index in [1.165, 1.54) is 12.8 Å². The van der Waals surface area contributed by atoms with Crippen LogP contribution in [-0.4, -0.2) is 13.0 Å². The summed E-state index contributed by atoms with van der Waals surface area (Å²) in [5, 5.41) is 0. The summed E-state index contributed by atoms with van der Waals surface area (Å²) in [7, 11) is 0. The van der Waals surface area contributed by atoms with Crippen molar-refractivity contribution in [2.75, 3.05) is 6.61 Å². The van der Waals surface area contributed by atoms with Gasteiger partial charge >= 0.3 is 6.36 Å². The van der Waals surface area contributed by atoms with Gasteiger partial charge in [-0.1, -0.05) is 31.1 Å². The Kier molecular flexibility index (Phi) is 5.07. The maximum atomic E-state index is 12.8. The van der Waals surface area contributed by atoms with Crippen LogP contribution in [-0.2, 0) is 0 Å². The third-order valence-electron chi connectivity index (χ3n) is 4.75. The van der Waals surface area contributed by atoms with Crippen LogP contribution in [0.25, 0.3) is 6.08 Å². The van der Waals surface area contributed by atoms with E-state index in [1.807, 2.05) is 12.1 Å². The van der Waals surface area contributed by atoms with Gasteiger partial charge in [-0.15, -0.1) is 13.2 Å². The molecule has 132 valence electrons. The Hall–Kier alpha value is -1.65. The van der Waals surface area contributed by atoms with Gasteiger partial charge in [0, 0.05) is 5.56 Å². The van der Waals surface area contributed by atoms with Gasteiger partial charge in [0.05, 0.1) is 6.61 Å². The number of hydrogen-bond acceptors (Lipinski definition) is 2. The molecule has 2 saturated carbocycles. The fraction of sp³-hybridized carbons (Fsp3) is 0.579. The molecule has 3 rings (SSSR count). The van der Waals surface area contributed by atoms with Crippen molar-refractivity contribution >= 4 is 6.08 Å². The summed E-state index contributed by atoms with van der Waals surface area (Å²) < 4.78 is 48.2. The SMILES string of the molecule is Cc1c(/C=C/C2CCCC2)ccc(OCC2CC2)c1OC(F)(F)F. The molecule has 0 spiro atoms. The first-order valence-electron chi connectivity index (χ1n) is 8.63. The van der Waals surface area contributed by atoms with Crippen LogP contribution in [0.5, 0.6) is 11.5 Å². The van der Waals surface area contributed by atoms with Gasteiger partial charge in [-0.3, -0.25) is 0 Å². The van der Waals surface area contributed by atoms with Gasteiger partial charge in [-0.05, 0) is 56.1 Å². The van der Waals surface area contributed by atoms with Crippen molar-refractivity contribution in [1.82, 2.24) is 0 Å². The molecule has 2 aliphatic carbocycles. The third-order valence-corrected chi connectivity index (χ3v) is 4.75. The molecule has 0 amide bonds. The van der Waals surface area contributed by atoms with Crippen LogP contribution >= 0.6 is 0 Å². The zero-order valence-corrected chi connectivity index (χ0v) is 13.9. The molecule has 0 heterocycles. The summed E-state index contributed by atoms with van der Waals surface area (Å²) in [6.45, 7) is 2.10. The summed E-state index contributed by atoms with van der Waals surface area (Å²) in [5.74, 6) is 0.958. The van der Waals surface area contributed by atoms with E-state index in [0.717, 1.165) is 31.2 Å². The number of allylic oxidation sites excluding steroid dienone is 1. The summed E-state index contributed by atoms with van der Waals surface area (Å²) in [6, 6.07) is 3.40. The van der Waals surface area contributed by atoms with Gasteiger partial charge in [0.1, 0.15) is 0 Å². The second-order valence-electron chi connectivity index (χ2n) is 6.81. The first-order chi connectivity index (χ1) is 11.4. The smallest absolute Gasteiger partial charge is 0.489 e. The minimum absolute atomic E-state index is 0.176. The molecule has 1 aromatic rings. The fourth-order valence-corrected chi connectivity index (χ4v) is 3.10. The highest BCUT2D eigenvalue weighted by Crippen LogP contribution is 2.39. The lowest BCUT2D eigenvalue weighted by Crippen LogP contribution is -2.19. The molecule has 1 aromatic carbocycles. The molecule has 24 heavy (non-hydrogen) atoms. The average molecular weight is 340 g/mol. The van der Waals surface area contributed by atoms with E-state index in [1.54, 1.807) is 13.0 Å². The van der Waals surface area contributed by atoms with Crippen LogP contribution < -0.4 is 9.47 Å². The van der Waals surface area contributed by atoms with E-state index < -0.39 is 6.36 Å². The minimum Gasteiger partial charge on any atom is -0.489 e. The summed E-state index contributed by atoms with van der Waals surface area (Å²) >= 11 is 0. The Morgan fingerprint density at radius 3 is 2.46 bits per heavy atom. The lowest BCUT2D eigenvalue weighted by atomic mass is 10.0. The molecule has 2 fully saturated rings. The van der Waals surface area contributed by atoms with Gasteiger partial charge in [-0.25, -0.2) is 0 Å². The van der Waals surface area contributed by atoms with E-state index in [9.17, 15) is 13.2 Å². The maximum absolute atomic E-state index is 12.8. The molecule has 0 bridgehead atoms. The van der Waals surface area contributed by atoms with Gasteiger partial charge in [0.15, 0.2) is 11.5 Å². The highest BCUT2D eigenvalue weighted by atomic mass is 19.4. The Labute approximate surface area is 140 Å². The van der Waals surface area contributed by atoms with Crippen LogP contribution in [0.2, 0.25) is 0 Å². The fourth-order valence-electron chi connectivity index (χ4n) is 3.10. The minimum atomic E-state index is -4.73. The van der Waals surface area contributed by atoms with Crippen molar-refractivity contribution in [3.05, 3.63) is 29.3 Å². The number of halogens is 3. The largest absolute Gasteiger partial charge is 0.573 e. The van der Waals surface area contributed by atoms with Crippen molar-refractivity contribution < 1.29 is 22.6 Å². The molecule has 0 saturated heterocycles. The second-order valence-corrected chi connectivity index (χ2v) is 6.81. The van der Waals surface area contributed by atoms with E-state index in [4.69, 9.17) is 4.74 Å². The predicted molar refractivity (Wildman–Crippen MR) is 87.1 cm³/mol. The number of alkyl halides is 3. The van der Waals surface area contributed by atoms with E-state index >= 15 is 0 Å². The number of hydrogen-bond donors (Lipinski definition) is 0.